The van der Waals surface area contributed by atoms with Crippen LogP contribution in [0.1, 0.15) is 25.5 Å². The number of benzene rings is 2. The van der Waals surface area contributed by atoms with Crippen LogP contribution in [0, 0.1) is 0 Å². The predicted molar refractivity (Wildman–Crippen MR) is 105 cm³/mol. The summed E-state index contributed by atoms with van der Waals surface area (Å²) in [6, 6.07) is 16.1. The Morgan fingerprint density at radius 3 is 2.65 bits per heavy atom. The SMILES string of the molecule is CC(=O)N[C@@H](C)c1ccc(OC2CN(c3nc4ccccc4s3)C2)cc1. The number of aromatic nitrogens is 1. The Hall–Kier alpha value is -2.60. The number of hydrogen-bond donors (Lipinski definition) is 1. The van der Waals surface area contributed by atoms with Gasteiger partial charge in [-0.15, -0.1) is 0 Å². The van der Waals surface area contributed by atoms with Crippen molar-refractivity contribution in [3.8, 4) is 5.75 Å². The molecule has 2 aromatic carbocycles. The van der Waals surface area contributed by atoms with Gasteiger partial charge in [0, 0.05) is 6.92 Å². The van der Waals surface area contributed by atoms with Crippen LogP contribution in [0.15, 0.2) is 48.5 Å². The third-order valence-corrected chi connectivity index (χ3v) is 5.60. The largest absolute Gasteiger partial charge is 0.487 e. The molecule has 1 aromatic heterocycles. The topological polar surface area (TPSA) is 54.5 Å². The van der Waals surface area contributed by atoms with Gasteiger partial charge in [-0.25, -0.2) is 4.98 Å². The van der Waals surface area contributed by atoms with E-state index in [1.807, 2.05) is 49.4 Å². The van der Waals surface area contributed by atoms with Crippen molar-refractivity contribution in [1.29, 1.82) is 0 Å². The average molecular weight is 367 g/mol. The molecule has 1 saturated heterocycles. The summed E-state index contributed by atoms with van der Waals surface area (Å²) >= 11 is 1.72. The van der Waals surface area contributed by atoms with Crippen molar-refractivity contribution >= 4 is 32.6 Å². The lowest BCUT2D eigenvalue weighted by molar-refractivity contribution is -0.119. The normalized spacial score (nSPS) is 15.5. The number of thiazole rings is 1. The maximum absolute atomic E-state index is 11.1. The number of carbonyl (C=O) groups excluding carboxylic acids is 1. The minimum atomic E-state index is -0.0257. The van der Waals surface area contributed by atoms with E-state index < -0.39 is 0 Å². The van der Waals surface area contributed by atoms with Gasteiger partial charge in [0.25, 0.3) is 0 Å². The molecule has 2 heterocycles. The summed E-state index contributed by atoms with van der Waals surface area (Å²) in [5.74, 6) is 0.833. The summed E-state index contributed by atoms with van der Waals surface area (Å²) in [6.07, 6.45) is 0.181. The summed E-state index contributed by atoms with van der Waals surface area (Å²) in [5.41, 5.74) is 2.12. The highest BCUT2D eigenvalue weighted by Crippen LogP contribution is 2.32. The van der Waals surface area contributed by atoms with Gasteiger partial charge < -0.3 is 15.0 Å². The molecule has 1 aliphatic rings. The molecule has 3 aromatic rings. The lowest BCUT2D eigenvalue weighted by Crippen LogP contribution is -2.54. The Kier molecular flexibility index (Phi) is 4.51. The minimum absolute atomic E-state index is 0.000204. The van der Waals surface area contributed by atoms with Crippen LogP contribution >= 0.6 is 11.3 Å². The van der Waals surface area contributed by atoms with Crippen LogP contribution in [-0.2, 0) is 4.79 Å². The second-order valence-electron chi connectivity index (χ2n) is 6.60. The Bertz CT molecular complexity index is 883. The predicted octanol–water partition coefficient (Wildman–Crippen LogP) is 3.76. The molecule has 0 saturated carbocycles. The highest BCUT2D eigenvalue weighted by molar-refractivity contribution is 7.22. The number of anilines is 1. The van der Waals surface area contributed by atoms with E-state index in [0.29, 0.717) is 0 Å². The van der Waals surface area contributed by atoms with Gasteiger partial charge in [0.05, 0.1) is 29.3 Å². The number of amides is 1. The van der Waals surface area contributed by atoms with Gasteiger partial charge in [0.1, 0.15) is 11.9 Å². The zero-order chi connectivity index (χ0) is 18.1. The molecule has 4 rings (SSSR count). The van der Waals surface area contributed by atoms with Gasteiger partial charge >= 0.3 is 0 Å². The van der Waals surface area contributed by atoms with Crippen molar-refractivity contribution in [2.75, 3.05) is 18.0 Å². The van der Waals surface area contributed by atoms with Crippen LogP contribution in [0.5, 0.6) is 5.75 Å². The lowest BCUT2D eigenvalue weighted by atomic mass is 10.1. The summed E-state index contributed by atoms with van der Waals surface area (Å²) in [6.45, 7) is 5.20. The Balaban J connectivity index is 1.33. The van der Waals surface area contributed by atoms with Crippen LogP contribution in [0.2, 0.25) is 0 Å². The van der Waals surface area contributed by atoms with E-state index in [2.05, 4.69) is 21.3 Å². The Labute approximate surface area is 156 Å². The summed E-state index contributed by atoms with van der Waals surface area (Å²) < 4.78 is 7.26. The molecule has 1 aliphatic heterocycles. The quantitative estimate of drug-likeness (QED) is 0.746. The van der Waals surface area contributed by atoms with E-state index in [9.17, 15) is 4.79 Å². The van der Waals surface area contributed by atoms with Gasteiger partial charge in [0.15, 0.2) is 5.13 Å². The highest BCUT2D eigenvalue weighted by Gasteiger charge is 2.30. The van der Waals surface area contributed by atoms with Crippen molar-refractivity contribution in [2.24, 2.45) is 0 Å². The Morgan fingerprint density at radius 1 is 1.23 bits per heavy atom. The van der Waals surface area contributed by atoms with Crippen LogP contribution in [-0.4, -0.2) is 30.1 Å². The monoisotopic (exact) mass is 367 g/mol. The third kappa shape index (κ3) is 3.51. The minimum Gasteiger partial charge on any atom is -0.487 e. The molecule has 5 nitrogen and oxygen atoms in total. The molecule has 1 fully saturated rings. The van der Waals surface area contributed by atoms with E-state index in [1.165, 1.54) is 11.6 Å². The summed E-state index contributed by atoms with van der Waals surface area (Å²) in [5, 5.41) is 3.94. The number of ether oxygens (including phenoxy) is 1. The number of nitrogens with one attached hydrogen (secondary N) is 1. The molecule has 0 radical (unpaired) electrons. The first kappa shape index (κ1) is 16.8. The number of nitrogens with zero attached hydrogens (tertiary/aromatic N) is 2. The van der Waals surface area contributed by atoms with E-state index >= 15 is 0 Å². The summed E-state index contributed by atoms with van der Waals surface area (Å²) in [4.78, 5) is 18.1. The number of carbonyl (C=O) groups is 1. The van der Waals surface area contributed by atoms with Crippen molar-refractivity contribution in [3.63, 3.8) is 0 Å². The fourth-order valence-corrected chi connectivity index (χ4v) is 4.06. The maximum Gasteiger partial charge on any atom is 0.217 e. The number of para-hydroxylation sites is 1. The fraction of sp³-hybridized carbons (Fsp3) is 0.300. The molecule has 1 atom stereocenters. The van der Waals surface area contributed by atoms with Gasteiger partial charge in [-0.05, 0) is 36.8 Å². The van der Waals surface area contributed by atoms with Gasteiger partial charge in [-0.1, -0.05) is 35.6 Å². The molecule has 6 heteroatoms. The average Bonchev–Trinajstić information content (AvgIpc) is 3.01. The van der Waals surface area contributed by atoms with Crippen molar-refractivity contribution in [2.45, 2.75) is 26.0 Å². The van der Waals surface area contributed by atoms with Crippen molar-refractivity contribution in [1.82, 2.24) is 10.3 Å². The number of fused-ring (bicyclic) bond motifs is 1. The number of hydrogen-bond acceptors (Lipinski definition) is 5. The zero-order valence-electron chi connectivity index (χ0n) is 14.8. The van der Waals surface area contributed by atoms with Crippen molar-refractivity contribution < 1.29 is 9.53 Å². The molecule has 26 heavy (non-hydrogen) atoms. The lowest BCUT2D eigenvalue weighted by Gasteiger charge is -2.38. The van der Waals surface area contributed by atoms with Crippen LogP contribution in [0.4, 0.5) is 5.13 Å². The molecule has 1 N–H and O–H groups in total. The molecule has 1 amide bonds. The smallest absolute Gasteiger partial charge is 0.217 e. The molecular formula is C20H21N3O2S. The van der Waals surface area contributed by atoms with E-state index in [0.717, 1.165) is 35.1 Å². The van der Waals surface area contributed by atoms with Crippen LogP contribution in [0.25, 0.3) is 10.2 Å². The summed E-state index contributed by atoms with van der Waals surface area (Å²) in [7, 11) is 0. The Morgan fingerprint density at radius 2 is 1.96 bits per heavy atom. The molecule has 0 spiro atoms. The van der Waals surface area contributed by atoms with Crippen LogP contribution < -0.4 is 15.0 Å². The molecule has 134 valence electrons. The molecular weight excluding hydrogens is 346 g/mol. The second-order valence-corrected chi connectivity index (χ2v) is 7.61. The zero-order valence-corrected chi connectivity index (χ0v) is 15.6. The van der Waals surface area contributed by atoms with E-state index in [-0.39, 0.29) is 18.1 Å². The van der Waals surface area contributed by atoms with Crippen LogP contribution in [0.3, 0.4) is 0 Å². The van der Waals surface area contributed by atoms with Gasteiger partial charge in [0.2, 0.25) is 5.91 Å². The first-order chi connectivity index (χ1) is 12.6. The highest BCUT2D eigenvalue weighted by atomic mass is 32.1. The first-order valence-corrected chi connectivity index (χ1v) is 9.54. The molecule has 0 aliphatic carbocycles. The third-order valence-electron chi connectivity index (χ3n) is 4.50. The second kappa shape index (κ2) is 6.96. The standard InChI is InChI=1S/C20H21N3O2S/c1-13(21-14(2)24)15-7-9-16(10-8-15)25-17-11-23(12-17)20-22-18-5-3-4-6-19(18)26-20/h3-10,13,17H,11-12H2,1-2H3,(H,21,24)/t13-/m0/s1. The van der Waals surface area contributed by atoms with Gasteiger partial charge in [-0.3, -0.25) is 4.79 Å². The van der Waals surface area contributed by atoms with E-state index in [4.69, 9.17) is 4.74 Å². The fourth-order valence-electron chi connectivity index (χ4n) is 3.08. The number of rotatable bonds is 5. The molecule has 0 unspecified atom stereocenters. The maximum atomic E-state index is 11.1. The van der Waals surface area contributed by atoms with Crippen molar-refractivity contribution in [3.05, 3.63) is 54.1 Å². The van der Waals surface area contributed by atoms with E-state index in [1.54, 1.807) is 11.3 Å². The molecule has 0 bridgehead atoms. The first-order valence-electron chi connectivity index (χ1n) is 8.73. The van der Waals surface area contributed by atoms with Gasteiger partial charge in [-0.2, -0.15) is 0 Å².